The third-order valence-corrected chi connectivity index (χ3v) is 5.13. The predicted octanol–water partition coefficient (Wildman–Crippen LogP) is 2.99. The fraction of sp³-hybridized carbons (Fsp3) is 0.304. The van der Waals surface area contributed by atoms with Crippen LogP contribution in [0.5, 0.6) is 5.75 Å². The number of likely N-dealkylation sites (tertiary alicyclic amines) is 1. The average molecular weight is 394 g/mol. The molecule has 6 nitrogen and oxygen atoms in total. The highest BCUT2D eigenvalue weighted by molar-refractivity contribution is 6.46. The van der Waals surface area contributed by atoms with Gasteiger partial charge in [0.1, 0.15) is 11.5 Å². The first-order chi connectivity index (χ1) is 13.8. The molecule has 1 heterocycles. The van der Waals surface area contributed by atoms with E-state index in [-0.39, 0.29) is 11.3 Å². The third-order valence-electron chi connectivity index (χ3n) is 5.13. The Hall–Kier alpha value is -3.12. The molecule has 1 aliphatic heterocycles. The number of methoxy groups -OCH3 is 1. The van der Waals surface area contributed by atoms with Crippen molar-refractivity contribution in [2.45, 2.75) is 13.0 Å². The first kappa shape index (κ1) is 20.6. The molecule has 0 radical (unpaired) electrons. The lowest BCUT2D eigenvalue weighted by atomic mass is 9.94. The number of Topliss-reactive ketones (excluding diaryl/α,β-unsaturated/α-hetero) is 1. The molecule has 6 heteroatoms. The fourth-order valence-corrected chi connectivity index (χ4v) is 3.57. The van der Waals surface area contributed by atoms with Crippen molar-refractivity contribution in [3.05, 3.63) is 70.8 Å². The zero-order valence-electron chi connectivity index (χ0n) is 17.2. The van der Waals surface area contributed by atoms with Crippen LogP contribution in [0, 0.1) is 6.92 Å². The van der Waals surface area contributed by atoms with Crippen LogP contribution in [0.2, 0.25) is 0 Å². The summed E-state index contributed by atoms with van der Waals surface area (Å²) >= 11 is 0. The van der Waals surface area contributed by atoms with Crippen molar-refractivity contribution < 1.29 is 19.4 Å². The summed E-state index contributed by atoms with van der Waals surface area (Å²) in [6.45, 7) is 2.82. The number of carbonyl (C=O) groups excluding carboxylic acids is 2. The Kier molecular flexibility index (Phi) is 6.03. The Bertz CT molecular complexity index is 951. The van der Waals surface area contributed by atoms with E-state index in [4.69, 9.17) is 4.74 Å². The molecule has 0 spiro atoms. The SMILES string of the molecule is COc1ccc(C(O)=C2C(=O)C(=O)N(CCN(C)C)[C@H]2c2ccccc2)c(C)c1. The molecule has 1 amide bonds. The maximum Gasteiger partial charge on any atom is 0.295 e. The summed E-state index contributed by atoms with van der Waals surface area (Å²) in [7, 11) is 5.39. The quantitative estimate of drug-likeness (QED) is 0.463. The van der Waals surface area contributed by atoms with Crippen LogP contribution in [-0.2, 0) is 9.59 Å². The Labute approximate surface area is 171 Å². The molecule has 0 aliphatic carbocycles. The van der Waals surface area contributed by atoms with Crippen LogP contribution in [0.3, 0.4) is 0 Å². The van der Waals surface area contributed by atoms with E-state index < -0.39 is 17.7 Å². The number of benzene rings is 2. The van der Waals surface area contributed by atoms with E-state index in [1.54, 1.807) is 30.2 Å². The highest BCUT2D eigenvalue weighted by Crippen LogP contribution is 2.39. The number of amides is 1. The Balaban J connectivity index is 2.15. The topological polar surface area (TPSA) is 70.1 Å². The molecule has 29 heavy (non-hydrogen) atoms. The van der Waals surface area contributed by atoms with Crippen molar-refractivity contribution in [2.24, 2.45) is 0 Å². The van der Waals surface area contributed by atoms with Gasteiger partial charge in [-0.1, -0.05) is 30.3 Å². The van der Waals surface area contributed by atoms with Gasteiger partial charge in [0.25, 0.3) is 11.7 Å². The molecule has 152 valence electrons. The van der Waals surface area contributed by atoms with Gasteiger partial charge in [0.2, 0.25) is 0 Å². The van der Waals surface area contributed by atoms with Crippen LogP contribution in [0.1, 0.15) is 22.7 Å². The van der Waals surface area contributed by atoms with Crippen LogP contribution in [0.15, 0.2) is 54.1 Å². The molecule has 1 aliphatic rings. The van der Waals surface area contributed by atoms with E-state index in [0.29, 0.717) is 24.4 Å². The van der Waals surface area contributed by atoms with Crippen LogP contribution in [-0.4, -0.2) is 60.9 Å². The minimum absolute atomic E-state index is 0.119. The predicted molar refractivity (Wildman–Crippen MR) is 112 cm³/mol. The largest absolute Gasteiger partial charge is 0.507 e. The first-order valence-electron chi connectivity index (χ1n) is 9.48. The minimum atomic E-state index is -0.662. The lowest BCUT2D eigenvalue weighted by molar-refractivity contribution is -0.140. The van der Waals surface area contributed by atoms with Crippen LogP contribution in [0.4, 0.5) is 0 Å². The van der Waals surface area contributed by atoms with Gasteiger partial charge in [-0.05, 0) is 50.3 Å². The number of rotatable bonds is 6. The molecule has 3 rings (SSSR count). The molecular weight excluding hydrogens is 368 g/mol. The van der Waals surface area contributed by atoms with Gasteiger partial charge >= 0.3 is 0 Å². The number of aryl methyl sites for hydroxylation is 1. The van der Waals surface area contributed by atoms with Crippen molar-refractivity contribution >= 4 is 17.4 Å². The Morgan fingerprint density at radius 1 is 1.14 bits per heavy atom. The lowest BCUT2D eigenvalue weighted by Crippen LogP contribution is -2.35. The highest BCUT2D eigenvalue weighted by atomic mass is 16.5. The van der Waals surface area contributed by atoms with E-state index in [2.05, 4.69) is 0 Å². The molecule has 0 unspecified atom stereocenters. The van der Waals surface area contributed by atoms with Gasteiger partial charge in [-0.15, -0.1) is 0 Å². The number of ketones is 1. The Morgan fingerprint density at radius 2 is 1.83 bits per heavy atom. The van der Waals surface area contributed by atoms with Gasteiger partial charge in [0.05, 0.1) is 18.7 Å². The summed E-state index contributed by atoms with van der Waals surface area (Å²) in [5.41, 5.74) is 2.18. The fourth-order valence-electron chi connectivity index (χ4n) is 3.57. The van der Waals surface area contributed by atoms with Gasteiger partial charge in [-0.3, -0.25) is 9.59 Å². The Morgan fingerprint density at radius 3 is 2.41 bits per heavy atom. The highest BCUT2D eigenvalue weighted by Gasteiger charge is 2.45. The van der Waals surface area contributed by atoms with E-state index >= 15 is 0 Å². The van der Waals surface area contributed by atoms with Gasteiger partial charge in [-0.2, -0.15) is 0 Å². The number of hydrogen-bond acceptors (Lipinski definition) is 5. The van der Waals surface area contributed by atoms with Gasteiger partial charge in [0.15, 0.2) is 0 Å². The molecular formula is C23H26N2O4. The monoisotopic (exact) mass is 394 g/mol. The normalized spacial score (nSPS) is 18.5. The van der Waals surface area contributed by atoms with E-state index in [9.17, 15) is 14.7 Å². The van der Waals surface area contributed by atoms with E-state index in [1.165, 1.54) is 0 Å². The number of nitrogens with zero attached hydrogens (tertiary/aromatic N) is 2. The number of carbonyl (C=O) groups is 2. The molecule has 0 saturated carbocycles. The molecule has 0 aromatic heterocycles. The number of aliphatic hydroxyl groups is 1. The second-order valence-electron chi connectivity index (χ2n) is 7.39. The molecule has 2 aromatic rings. The molecule has 1 atom stereocenters. The minimum Gasteiger partial charge on any atom is -0.507 e. The van der Waals surface area contributed by atoms with E-state index in [1.807, 2.05) is 56.3 Å². The molecule has 1 N–H and O–H groups in total. The number of likely N-dealkylation sites (N-methyl/N-ethyl adjacent to an activating group) is 1. The molecule has 2 aromatic carbocycles. The standard InChI is InChI=1S/C23H26N2O4/c1-15-14-17(29-4)10-11-18(15)21(26)19-20(16-8-6-5-7-9-16)25(13-12-24(2)3)23(28)22(19)27/h5-11,14,20,26H,12-13H2,1-4H3/t20-/m0/s1. The van der Waals surface area contributed by atoms with Crippen molar-refractivity contribution in [1.29, 1.82) is 0 Å². The third kappa shape index (κ3) is 4.03. The zero-order chi connectivity index (χ0) is 21.1. The van der Waals surface area contributed by atoms with E-state index in [0.717, 1.165) is 11.1 Å². The maximum atomic E-state index is 12.9. The van der Waals surface area contributed by atoms with Gasteiger partial charge in [-0.25, -0.2) is 0 Å². The smallest absolute Gasteiger partial charge is 0.295 e. The number of ether oxygens (including phenoxy) is 1. The summed E-state index contributed by atoms with van der Waals surface area (Å²) in [4.78, 5) is 29.3. The second-order valence-corrected chi connectivity index (χ2v) is 7.39. The molecule has 1 saturated heterocycles. The zero-order valence-corrected chi connectivity index (χ0v) is 17.2. The van der Waals surface area contributed by atoms with Gasteiger partial charge < -0.3 is 19.6 Å². The summed E-state index contributed by atoms with van der Waals surface area (Å²) in [6.07, 6.45) is 0. The van der Waals surface area contributed by atoms with Crippen molar-refractivity contribution in [1.82, 2.24) is 9.80 Å². The van der Waals surface area contributed by atoms with Crippen molar-refractivity contribution in [3.8, 4) is 5.75 Å². The van der Waals surface area contributed by atoms with Crippen LogP contribution >= 0.6 is 0 Å². The summed E-state index contributed by atoms with van der Waals surface area (Å²) < 4.78 is 5.22. The van der Waals surface area contributed by atoms with Crippen molar-refractivity contribution in [2.75, 3.05) is 34.3 Å². The van der Waals surface area contributed by atoms with Crippen LogP contribution in [0.25, 0.3) is 5.76 Å². The average Bonchev–Trinajstić information content (AvgIpc) is 2.97. The summed E-state index contributed by atoms with van der Waals surface area (Å²) in [5, 5.41) is 11.1. The number of hydrogen-bond donors (Lipinski definition) is 1. The summed E-state index contributed by atoms with van der Waals surface area (Å²) in [6, 6.07) is 13.9. The maximum absolute atomic E-state index is 12.9. The summed E-state index contributed by atoms with van der Waals surface area (Å²) in [5.74, 6) is -0.756. The second kappa shape index (κ2) is 8.49. The first-order valence-corrected chi connectivity index (χ1v) is 9.48. The lowest BCUT2D eigenvalue weighted by Gasteiger charge is -2.26. The van der Waals surface area contributed by atoms with Crippen molar-refractivity contribution in [3.63, 3.8) is 0 Å². The number of aliphatic hydroxyl groups excluding tert-OH is 1. The molecule has 0 bridgehead atoms. The molecule has 1 fully saturated rings. The van der Waals surface area contributed by atoms with Crippen LogP contribution < -0.4 is 4.74 Å². The van der Waals surface area contributed by atoms with Gasteiger partial charge in [0, 0.05) is 18.7 Å².